The number of carboxylic acids is 1. The van der Waals surface area contributed by atoms with Crippen molar-refractivity contribution >= 4 is 5.97 Å². The lowest BCUT2D eigenvalue weighted by Crippen LogP contribution is -2.09. The molecule has 1 heterocycles. The number of rotatable bonds is 3. The van der Waals surface area contributed by atoms with E-state index in [1.54, 1.807) is 18.5 Å². The molecule has 0 fully saturated rings. The monoisotopic (exact) mass is 178 g/mol. The van der Waals surface area contributed by atoms with Crippen molar-refractivity contribution in [1.29, 1.82) is 0 Å². The summed E-state index contributed by atoms with van der Waals surface area (Å²) in [5.41, 5.74) is 6.01. The van der Waals surface area contributed by atoms with Crippen molar-refractivity contribution in [1.82, 2.24) is 4.98 Å². The Kier molecular flexibility index (Phi) is 3.03. The molecular weight excluding hydrogens is 168 g/mol. The van der Waals surface area contributed by atoms with Gasteiger partial charge in [-0.3, -0.25) is 4.98 Å². The van der Waals surface area contributed by atoms with E-state index in [0.717, 1.165) is 5.56 Å². The predicted molar refractivity (Wildman–Crippen MR) is 47.8 cm³/mol. The Bertz CT molecular complexity index is 320. The smallest absolute Gasteiger partial charge is 0.351 e. The number of carboxylic acid groups (broad SMARTS) is 1. The highest BCUT2D eigenvalue weighted by molar-refractivity contribution is 5.85. The number of allylic oxidation sites excluding steroid dienone is 1. The third-order valence-corrected chi connectivity index (χ3v) is 1.53. The first-order valence-corrected chi connectivity index (χ1v) is 3.78. The summed E-state index contributed by atoms with van der Waals surface area (Å²) in [6.07, 6.45) is 5.28. The van der Waals surface area contributed by atoms with Crippen LogP contribution in [-0.4, -0.2) is 16.1 Å². The van der Waals surface area contributed by atoms with Gasteiger partial charge >= 0.3 is 5.97 Å². The first-order chi connectivity index (χ1) is 6.20. The Labute approximate surface area is 75.7 Å². The second-order valence-electron chi connectivity index (χ2n) is 2.53. The van der Waals surface area contributed by atoms with E-state index >= 15 is 0 Å². The van der Waals surface area contributed by atoms with Gasteiger partial charge in [-0.2, -0.15) is 0 Å². The molecule has 0 amide bonds. The molecule has 0 aliphatic rings. The highest BCUT2D eigenvalue weighted by Crippen LogP contribution is 1.98. The SMILES string of the molecule is N/C(=C/Cc1cccnc1)C(=O)O. The summed E-state index contributed by atoms with van der Waals surface area (Å²) >= 11 is 0. The molecule has 1 aromatic heterocycles. The maximum Gasteiger partial charge on any atom is 0.351 e. The predicted octanol–water partition coefficient (Wildman–Crippen LogP) is 0.551. The summed E-state index contributed by atoms with van der Waals surface area (Å²) in [4.78, 5) is 14.2. The van der Waals surface area contributed by atoms with Gasteiger partial charge in [-0.05, 0) is 24.1 Å². The number of aromatic nitrogens is 1. The van der Waals surface area contributed by atoms with Crippen LogP contribution >= 0.6 is 0 Å². The molecule has 0 aromatic carbocycles. The average molecular weight is 178 g/mol. The molecular formula is C9H10N2O2. The maximum absolute atomic E-state index is 10.3. The Morgan fingerprint density at radius 3 is 3.00 bits per heavy atom. The van der Waals surface area contributed by atoms with E-state index in [9.17, 15) is 4.79 Å². The lowest BCUT2D eigenvalue weighted by atomic mass is 10.2. The van der Waals surface area contributed by atoms with Crippen LogP contribution in [-0.2, 0) is 11.2 Å². The second-order valence-corrected chi connectivity index (χ2v) is 2.53. The van der Waals surface area contributed by atoms with Crippen molar-refractivity contribution in [3.63, 3.8) is 0 Å². The van der Waals surface area contributed by atoms with Crippen LogP contribution in [0.15, 0.2) is 36.3 Å². The fourth-order valence-corrected chi connectivity index (χ4v) is 0.834. The summed E-state index contributed by atoms with van der Waals surface area (Å²) in [5.74, 6) is -1.09. The zero-order valence-electron chi connectivity index (χ0n) is 6.97. The fourth-order valence-electron chi connectivity index (χ4n) is 0.834. The average Bonchev–Trinajstić information content (AvgIpc) is 2.15. The standard InChI is InChI=1S/C9H10N2O2/c10-8(9(12)13)4-3-7-2-1-5-11-6-7/h1-2,4-6H,3,10H2,(H,12,13)/b8-4+. The summed E-state index contributed by atoms with van der Waals surface area (Å²) in [6, 6.07) is 3.65. The Morgan fingerprint density at radius 1 is 1.69 bits per heavy atom. The summed E-state index contributed by atoms with van der Waals surface area (Å²) in [7, 11) is 0. The molecule has 0 unspecified atom stereocenters. The third-order valence-electron chi connectivity index (χ3n) is 1.53. The minimum Gasteiger partial charge on any atom is -0.477 e. The van der Waals surface area contributed by atoms with Gasteiger partial charge in [0.25, 0.3) is 0 Å². The first-order valence-electron chi connectivity index (χ1n) is 3.78. The summed E-state index contributed by atoms with van der Waals surface area (Å²) in [6.45, 7) is 0. The Hall–Kier alpha value is -1.84. The van der Waals surface area contributed by atoms with Gasteiger partial charge in [-0.15, -0.1) is 0 Å². The van der Waals surface area contributed by atoms with Gasteiger partial charge in [-0.25, -0.2) is 4.79 Å². The fraction of sp³-hybridized carbons (Fsp3) is 0.111. The molecule has 0 aliphatic heterocycles. The van der Waals surface area contributed by atoms with E-state index in [1.807, 2.05) is 6.07 Å². The van der Waals surface area contributed by atoms with Crippen LogP contribution in [0.4, 0.5) is 0 Å². The third kappa shape index (κ3) is 2.94. The van der Waals surface area contributed by atoms with Crippen molar-refractivity contribution in [2.75, 3.05) is 0 Å². The summed E-state index contributed by atoms with van der Waals surface area (Å²) < 4.78 is 0. The van der Waals surface area contributed by atoms with Crippen LogP contribution in [0.5, 0.6) is 0 Å². The molecule has 4 nitrogen and oxygen atoms in total. The van der Waals surface area contributed by atoms with Crippen molar-refractivity contribution in [2.45, 2.75) is 6.42 Å². The number of hydrogen-bond acceptors (Lipinski definition) is 3. The second kappa shape index (κ2) is 4.25. The number of nitrogens with zero attached hydrogens (tertiary/aromatic N) is 1. The van der Waals surface area contributed by atoms with Gasteiger partial charge in [0.15, 0.2) is 0 Å². The number of hydrogen-bond donors (Lipinski definition) is 2. The quantitative estimate of drug-likeness (QED) is 0.663. The number of carbonyl (C=O) groups is 1. The Balaban J connectivity index is 2.62. The minimum absolute atomic E-state index is 0.135. The van der Waals surface area contributed by atoms with Gasteiger partial charge < -0.3 is 10.8 Å². The van der Waals surface area contributed by atoms with Crippen LogP contribution in [0.3, 0.4) is 0 Å². The van der Waals surface area contributed by atoms with Crippen molar-refractivity contribution in [3.8, 4) is 0 Å². The topological polar surface area (TPSA) is 76.2 Å². The van der Waals surface area contributed by atoms with Crippen molar-refractivity contribution < 1.29 is 9.90 Å². The number of nitrogens with two attached hydrogens (primary N) is 1. The van der Waals surface area contributed by atoms with Crippen molar-refractivity contribution in [2.24, 2.45) is 5.73 Å². The Morgan fingerprint density at radius 2 is 2.46 bits per heavy atom. The molecule has 4 heteroatoms. The summed E-state index contributed by atoms with van der Waals surface area (Å²) in [5, 5.41) is 8.45. The van der Waals surface area contributed by atoms with E-state index in [4.69, 9.17) is 10.8 Å². The zero-order chi connectivity index (χ0) is 9.68. The highest BCUT2D eigenvalue weighted by atomic mass is 16.4. The maximum atomic E-state index is 10.3. The molecule has 1 aromatic rings. The number of pyridine rings is 1. The molecule has 0 bridgehead atoms. The normalized spacial score (nSPS) is 11.2. The molecule has 0 saturated heterocycles. The lowest BCUT2D eigenvalue weighted by molar-refractivity contribution is -0.132. The van der Waals surface area contributed by atoms with Gasteiger partial charge in [0, 0.05) is 12.4 Å². The van der Waals surface area contributed by atoms with Gasteiger partial charge in [0.05, 0.1) is 0 Å². The lowest BCUT2D eigenvalue weighted by Gasteiger charge is -1.95. The molecule has 0 saturated carbocycles. The molecule has 0 atom stereocenters. The van der Waals surface area contributed by atoms with Crippen LogP contribution in [0.2, 0.25) is 0 Å². The van der Waals surface area contributed by atoms with Crippen LogP contribution in [0, 0.1) is 0 Å². The largest absolute Gasteiger partial charge is 0.477 e. The molecule has 68 valence electrons. The molecule has 0 radical (unpaired) electrons. The van der Waals surface area contributed by atoms with Crippen LogP contribution < -0.4 is 5.73 Å². The molecule has 0 spiro atoms. The van der Waals surface area contributed by atoms with Crippen molar-refractivity contribution in [3.05, 3.63) is 41.9 Å². The molecule has 3 N–H and O–H groups in total. The van der Waals surface area contributed by atoms with Crippen LogP contribution in [0.1, 0.15) is 5.56 Å². The van der Waals surface area contributed by atoms with Crippen LogP contribution in [0.25, 0.3) is 0 Å². The number of aliphatic carboxylic acids is 1. The zero-order valence-corrected chi connectivity index (χ0v) is 6.97. The van der Waals surface area contributed by atoms with Gasteiger partial charge in [0.1, 0.15) is 5.70 Å². The van der Waals surface area contributed by atoms with E-state index < -0.39 is 5.97 Å². The van der Waals surface area contributed by atoms with E-state index in [2.05, 4.69) is 4.98 Å². The van der Waals surface area contributed by atoms with Gasteiger partial charge in [-0.1, -0.05) is 6.07 Å². The molecule has 1 rings (SSSR count). The molecule has 13 heavy (non-hydrogen) atoms. The van der Waals surface area contributed by atoms with Gasteiger partial charge in [0.2, 0.25) is 0 Å². The first kappa shape index (κ1) is 9.25. The van der Waals surface area contributed by atoms with E-state index in [0.29, 0.717) is 6.42 Å². The van der Waals surface area contributed by atoms with E-state index in [-0.39, 0.29) is 5.70 Å². The molecule has 0 aliphatic carbocycles. The minimum atomic E-state index is -1.09. The van der Waals surface area contributed by atoms with E-state index in [1.165, 1.54) is 6.08 Å². The highest BCUT2D eigenvalue weighted by Gasteiger charge is 1.99.